The summed E-state index contributed by atoms with van der Waals surface area (Å²) in [5.74, 6) is 1.12. The highest BCUT2D eigenvalue weighted by molar-refractivity contribution is 6.30. The van der Waals surface area contributed by atoms with Crippen molar-refractivity contribution in [3.05, 3.63) is 35.2 Å². The lowest BCUT2D eigenvalue weighted by atomic mass is 10.2. The second-order valence-corrected chi connectivity index (χ2v) is 3.63. The van der Waals surface area contributed by atoms with Gasteiger partial charge in [-0.15, -0.1) is 0 Å². The molecule has 2 rings (SSSR count). The van der Waals surface area contributed by atoms with Crippen molar-refractivity contribution in [1.29, 1.82) is 0 Å². The summed E-state index contributed by atoms with van der Waals surface area (Å²) in [6.07, 6.45) is 1.52. The molecule has 0 aliphatic rings. The quantitative estimate of drug-likeness (QED) is 0.892. The van der Waals surface area contributed by atoms with Crippen LogP contribution >= 0.6 is 11.6 Å². The van der Waals surface area contributed by atoms with Gasteiger partial charge in [0.2, 0.25) is 5.89 Å². The summed E-state index contributed by atoms with van der Waals surface area (Å²) < 4.78 is 10.5. The van der Waals surface area contributed by atoms with Gasteiger partial charge in [0.25, 0.3) is 0 Å². The Morgan fingerprint density at radius 1 is 1.50 bits per heavy atom. The van der Waals surface area contributed by atoms with Gasteiger partial charge in [-0.05, 0) is 18.2 Å². The van der Waals surface area contributed by atoms with Gasteiger partial charge in [0, 0.05) is 11.6 Å². The van der Waals surface area contributed by atoms with Crippen LogP contribution in [0, 0.1) is 0 Å². The topological polar surface area (TPSA) is 61.3 Å². The number of halogens is 1. The van der Waals surface area contributed by atoms with E-state index in [2.05, 4.69) is 4.98 Å². The molecule has 84 valence electrons. The zero-order valence-electron chi connectivity index (χ0n) is 8.74. The Kier molecular flexibility index (Phi) is 3.12. The van der Waals surface area contributed by atoms with Crippen LogP contribution < -0.4 is 10.5 Å². The molecule has 0 radical (unpaired) electrons. The fraction of sp³-hybridized carbons (Fsp3) is 0.182. The van der Waals surface area contributed by atoms with E-state index >= 15 is 0 Å². The molecule has 0 aliphatic heterocycles. The molecule has 0 atom stereocenters. The minimum Gasteiger partial charge on any atom is -0.496 e. The highest BCUT2D eigenvalue weighted by Crippen LogP contribution is 2.31. The summed E-state index contributed by atoms with van der Waals surface area (Å²) in [5.41, 5.74) is 6.87. The predicted octanol–water partition coefficient (Wildman–Crippen LogP) is 2.46. The van der Waals surface area contributed by atoms with Gasteiger partial charge in [0.05, 0.1) is 18.4 Å². The first kappa shape index (κ1) is 11.0. The minimum absolute atomic E-state index is 0.340. The van der Waals surface area contributed by atoms with Crippen LogP contribution in [0.2, 0.25) is 5.02 Å². The molecule has 0 saturated heterocycles. The number of methoxy groups -OCH3 is 1. The molecule has 2 aromatic rings. The molecule has 1 aromatic carbocycles. The fourth-order valence-corrected chi connectivity index (χ4v) is 1.54. The molecular weight excluding hydrogens is 228 g/mol. The number of ether oxygens (including phenoxy) is 1. The van der Waals surface area contributed by atoms with Crippen molar-refractivity contribution in [1.82, 2.24) is 4.98 Å². The smallest absolute Gasteiger partial charge is 0.230 e. The lowest BCUT2D eigenvalue weighted by Crippen LogP contribution is -1.96. The molecule has 0 aliphatic carbocycles. The van der Waals surface area contributed by atoms with Crippen LogP contribution in [0.25, 0.3) is 11.5 Å². The first-order valence-corrected chi connectivity index (χ1v) is 5.10. The Balaban J connectivity index is 2.49. The van der Waals surface area contributed by atoms with Gasteiger partial charge in [0.15, 0.2) is 0 Å². The van der Waals surface area contributed by atoms with Crippen LogP contribution in [0.15, 0.2) is 28.9 Å². The van der Waals surface area contributed by atoms with Gasteiger partial charge in [-0.3, -0.25) is 0 Å². The van der Waals surface area contributed by atoms with Crippen LogP contribution in [0.1, 0.15) is 5.69 Å². The first-order valence-electron chi connectivity index (χ1n) is 4.73. The third-order valence-electron chi connectivity index (χ3n) is 2.15. The van der Waals surface area contributed by atoms with E-state index in [-0.39, 0.29) is 0 Å². The average molecular weight is 239 g/mol. The number of hydrogen-bond donors (Lipinski definition) is 1. The number of rotatable bonds is 3. The molecule has 16 heavy (non-hydrogen) atoms. The normalized spacial score (nSPS) is 10.4. The maximum absolute atomic E-state index is 5.91. The lowest BCUT2D eigenvalue weighted by molar-refractivity contribution is 0.414. The van der Waals surface area contributed by atoms with Crippen molar-refractivity contribution in [3.8, 4) is 17.2 Å². The summed E-state index contributed by atoms with van der Waals surface area (Å²) in [6.45, 7) is 0.340. The van der Waals surface area contributed by atoms with Gasteiger partial charge in [-0.1, -0.05) is 11.6 Å². The molecule has 2 N–H and O–H groups in total. The number of nitrogens with zero attached hydrogens (tertiary/aromatic N) is 1. The molecule has 0 amide bonds. The van der Waals surface area contributed by atoms with Crippen LogP contribution in [0.5, 0.6) is 5.75 Å². The number of oxazole rings is 1. The van der Waals surface area contributed by atoms with E-state index in [1.54, 1.807) is 25.3 Å². The molecule has 1 heterocycles. The van der Waals surface area contributed by atoms with E-state index in [4.69, 9.17) is 26.5 Å². The summed E-state index contributed by atoms with van der Waals surface area (Å²) in [6, 6.07) is 5.26. The number of benzene rings is 1. The number of aromatic nitrogens is 1. The predicted molar refractivity (Wildman–Crippen MR) is 61.4 cm³/mol. The second kappa shape index (κ2) is 4.55. The summed E-state index contributed by atoms with van der Waals surface area (Å²) in [4.78, 5) is 4.22. The van der Waals surface area contributed by atoms with Crippen molar-refractivity contribution in [2.45, 2.75) is 6.54 Å². The van der Waals surface area contributed by atoms with Crippen LogP contribution in [-0.2, 0) is 6.54 Å². The van der Waals surface area contributed by atoms with E-state index in [9.17, 15) is 0 Å². The van der Waals surface area contributed by atoms with Crippen molar-refractivity contribution in [3.63, 3.8) is 0 Å². The van der Waals surface area contributed by atoms with Crippen molar-refractivity contribution >= 4 is 11.6 Å². The molecular formula is C11H11ClN2O2. The summed E-state index contributed by atoms with van der Waals surface area (Å²) in [5, 5.41) is 0.600. The maximum atomic E-state index is 5.91. The molecule has 0 fully saturated rings. The summed E-state index contributed by atoms with van der Waals surface area (Å²) >= 11 is 5.91. The van der Waals surface area contributed by atoms with Crippen molar-refractivity contribution < 1.29 is 9.15 Å². The standard InChI is InChI=1S/C11H11ClN2O2/c1-15-10-3-2-7(12)4-9(10)11-14-8(5-13)6-16-11/h2-4,6H,5,13H2,1H3. The van der Waals surface area contributed by atoms with E-state index in [0.717, 1.165) is 5.56 Å². The SMILES string of the molecule is COc1ccc(Cl)cc1-c1nc(CN)co1. The highest BCUT2D eigenvalue weighted by atomic mass is 35.5. The Morgan fingerprint density at radius 2 is 2.31 bits per heavy atom. The average Bonchev–Trinajstić information content (AvgIpc) is 2.77. The molecule has 4 nitrogen and oxygen atoms in total. The van der Waals surface area contributed by atoms with Crippen molar-refractivity contribution in [2.24, 2.45) is 5.73 Å². The Morgan fingerprint density at radius 3 is 2.94 bits per heavy atom. The monoisotopic (exact) mass is 238 g/mol. The second-order valence-electron chi connectivity index (χ2n) is 3.19. The third kappa shape index (κ3) is 2.03. The Hall–Kier alpha value is -1.52. The van der Waals surface area contributed by atoms with Gasteiger partial charge >= 0.3 is 0 Å². The van der Waals surface area contributed by atoms with Gasteiger partial charge in [-0.25, -0.2) is 4.98 Å². The zero-order chi connectivity index (χ0) is 11.5. The zero-order valence-corrected chi connectivity index (χ0v) is 9.49. The molecule has 0 bridgehead atoms. The molecule has 1 aromatic heterocycles. The Labute approximate surface area is 98.0 Å². The molecule has 0 spiro atoms. The largest absolute Gasteiger partial charge is 0.496 e. The highest BCUT2D eigenvalue weighted by Gasteiger charge is 2.12. The van der Waals surface area contributed by atoms with Crippen LogP contribution in [-0.4, -0.2) is 12.1 Å². The van der Waals surface area contributed by atoms with Gasteiger partial charge in [-0.2, -0.15) is 0 Å². The summed E-state index contributed by atoms with van der Waals surface area (Å²) in [7, 11) is 1.58. The third-order valence-corrected chi connectivity index (χ3v) is 2.39. The van der Waals surface area contributed by atoms with Crippen LogP contribution in [0.4, 0.5) is 0 Å². The van der Waals surface area contributed by atoms with E-state index < -0.39 is 0 Å². The molecule has 5 heteroatoms. The van der Waals surface area contributed by atoms with E-state index in [0.29, 0.717) is 28.9 Å². The van der Waals surface area contributed by atoms with E-state index in [1.165, 1.54) is 6.26 Å². The maximum Gasteiger partial charge on any atom is 0.230 e. The molecule has 0 unspecified atom stereocenters. The lowest BCUT2D eigenvalue weighted by Gasteiger charge is -2.05. The van der Waals surface area contributed by atoms with E-state index in [1.807, 2.05) is 0 Å². The molecule has 0 saturated carbocycles. The number of hydrogen-bond acceptors (Lipinski definition) is 4. The minimum atomic E-state index is 0.340. The fourth-order valence-electron chi connectivity index (χ4n) is 1.37. The van der Waals surface area contributed by atoms with Crippen molar-refractivity contribution in [2.75, 3.05) is 7.11 Å². The van der Waals surface area contributed by atoms with Crippen LogP contribution in [0.3, 0.4) is 0 Å². The van der Waals surface area contributed by atoms with Gasteiger partial charge in [0.1, 0.15) is 12.0 Å². The number of nitrogens with two attached hydrogens (primary N) is 1. The first-order chi connectivity index (χ1) is 7.74. The van der Waals surface area contributed by atoms with Gasteiger partial charge < -0.3 is 14.9 Å². The Bertz CT molecular complexity index is 496.